The summed E-state index contributed by atoms with van der Waals surface area (Å²) in [6, 6.07) is 0. The van der Waals surface area contributed by atoms with Gasteiger partial charge in [-0.25, -0.2) is 0 Å². The van der Waals surface area contributed by atoms with Crippen molar-refractivity contribution in [2.45, 2.75) is 13.3 Å². The fraction of sp³-hybridized carbons (Fsp3) is 0.182. The van der Waals surface area contributed by atoms with Crippen LogP contribution in [0.3, 0.4) is 0 Å². The first-order chi connectivity index (χ1) is 5.81. The first-order valence-corrected chi connectivity index (χ1v) is 3.93. The molecule has 12 heavy (non-hydrogen) atoms. The molecule has 0 rings (SSSR count). The molecular weight excluding hydrogens is 146 g/mol. The van der Waals surface area contributed by atoms with Crippen LogP contribution < -0.4 is 0 Å². The second-order valence-electron chi connectivity index (χ2n) is 2.19. The highest BCUT2D eigenvalue weighted by Gasteiger charge is 1.75. The van der Waals surface area contributed by atoms with Gasteiger partial charge in [0, 0.05) is 6.21 Å². The van der Waals surface area contributed by atoms with Crippen molar-refractivity contribution in [1.29, 1.82) is 0 Å². The van der Waals surface area contributed by atoms with E-state index in [1.807, 2.05) is 37.3 Å². The van der Waals surface area contributed by atoms with Crippen LogP contribution in [0.15, 0.2) is 54.2 Å². The van der Waals surface area contributed by atoms with E-state index in [-0.39, 0.29) is 0 Å². The minimum atomic E-state index is 0.765. The van der Waals surface area contributed by atoms with Gasteiger partial charge in [0.25, 0.3) is 0 Å². The third-order valence-electron chi connectivity index (χ3n) is 1.13. The van der Waals surface area contributed by atoms with Crippen molar-refractivity contribution < 1.29 is 0 Å². The Labute approximate surface area is 74.5 Å². The third-order valence-corrected chi connectivity index (χ3v) is 1.13. The molecule has 0 aromatic rings. The van der Waals surface area contributed by atoms with Gasteiger partial charge in [0.15, 0.2) is 0 Å². The van der Waals surface area contributed by atoms with Crippen LogP contribution in [0.25, 0.3) is 0 Å². The molecule has 1 nitrogen and oxygen atoms in total. The van der Waals surface area contributed by atoms with Crippen LogP contribution in [-0.4, -0.2) is 6.21 Å². The van der Waals surface area contributed by atoms with E-state index in [2.05, 4.69) is 18.2 Å². The molecule has 1 heteroatoms. The van der Waals surface area contributed by atoms with Gasteiger partial charge in [0.1, 0.15) is 0 Å². The molecule has 0 heterocycles. The van der Waals surface area contributed by atoms with E-state index in [1.165, 1.54) is 0 Å². The fourth-order valence-electron chi connectivity index (χ4n) is 0.629. The predicted molar refractivity (Wildman–Crippen MR) is 56.4 cm³/mol. The Morgan fingerprint density at radius 2 is 2.17 bits per heavy atom. The quantitative estimate of drug-likeness (QED) is 0.333. The first kappa shape index (κ1) is 10.6. The molecule has 0 radical (unpaired) electrons. The molecule has 64 valence electrons. The van der Waals surface area contributed by atoms with Crippen molar-refractivity contribution in [1.82, 2.24) is 0 Å². The monoisotopic (exact) mass is 161 g/mol. The second kappa shape index (κ2) is 7.73. The summed E-state index contributed by atoms with van der Waals surface area (Å²) in [7, 11) is 0. The minimum Gasteiger partial charge on any atom is -0.262 e. The number of hydrogen-bond donors (Lipinski definition) is 0. The van der Waals surface area contributed by atoms with Crippen LogP contribution in [0.2, 0.25) is 0 Å². The number of rotatable bonds is 5. The summed E-state index contributed by atoms with van der Waals surface area (Å²) >= 11 is 0. The number of allylic oxidation sites excluding steroid dienone is 5. The highest BCUT2D eigenvalue weighted by atomic mass is 14.7. The van der Waals surface area contributed by atoms with Gasteiger partial charge < -0.3 is 0 Å². The molecule has 0 unspecified atom stereocenters. The Morgan fingerprint density at radius 1 is 1.42 bits per heavy atom. The number of hydrogen-bond acceptors (Lipinski definition) is 1. The zero-order valence-electron chi connectivity index (χ0n) is 7.53. The molecule has 0 N–H and O–H groups in total. The van der Waals surface area contributed by atoms with E-state index in [0.717, 1.165) is 12.1 Å². The lowest BCUT2D eigenvalue weighted by Gasteiger charge is -1.84. The molecule has 0 aliphatic carbocycles. The molecule has 0 aliphatic rings. The van der Waals surface area contributed by atoms with E-state index in [9.17, 15) is 0 Å². The average molecular weight is 161 g/mol. The van der Waals surface area contributed by atoms with Crippen LogP contribution in [0.4, 0.5) is 0 Å². The lowest BCUT2D eigenvalue weighted by Crippen LogP contribution is -1.66. The number of nitrogens with zero attached hydrogens (tertiary/aromatic N) is 1. The Hall–Kier alpha value is -1.37. The molecule has 0 bridgehead atoms. The smallest absolute Gasteiger partial charge is 0.0553 e. The fourth-order valence-corrected chi connectivity index (χ4v) is 0.629. The molecule has 0 atom stereocenters. The summed E-state index contributed by atoms with van der Waals surface area (Å²) < 4.78 is 0. The van der Waals surface area contributed by atoms with Crippen molar-refractivity contribution in [2.24, 2.45) is 4.99 Å². The van der Waals surface area contributed by atoms with Crippen molar-refractivity contribution in [3.63, 3.8) is 0 Å². The first-order valence-electron chi connectivity index (χ1n) is 3.93. The Kier molecular flexibility index (Phi) is 6.85. The maximum absolute atomic E-state index is 3.98. The molecule has 0 aliphatic heterocycles. The zero-order valence-corrected chi connectivity index (χ0v) is 7.53. The highest BCUT2D eigenvalue weighted by Crippen LogP contribution is 1.94. The van der Waals surface area contributed by atoms with Gasteiger partial charge in [-0.3, -0.25) is 4.99 Å². The lowest BCUT2D eigenvalue weighted by molar-refractivity contribution is 1.40. The average Bonchev–Trinajstić information content (AvgIpc) is 2.05. The van der Waals surface area contributed by atoms with Crippen molar-refractivity contribution >= 4 is 6.21 Å². The Morgan fingerprint density at radius 3 is 2.75 bits per heavy atom. The molecule has 0 amide bonds. The standard InChI is InChI=1S/C11H15N/c1-4-6-7-8-9-10-11(3)12-5-2/h4-5,7-10H,1,3,6H2,2H3/b8-7-,10-9-,12-5?. The van der Waals surface area contributed by atoms with Crippen molar-refractivity contribution in [3.8, 4) is 0 Å². The van der Waals surface area contributed by atoms with Crippen LogP contribution in [0, 0.1) is 0 Å². The minimum absolute atomic E-state index is 0.765. The largest absolute Gasteiger partial charge is 0.262 e. The van der Waals surface area contributed by atoms with Crippen molar-refractivity contribution in [2.75, 3.05) is 0 Å². The van der Waals surface area contributed by atoms with Crippen LogP contribution in [-0.2, 0) is 0 Å². The summed E-state index contributed by atoms with van der Waals surface area (Å²) in [4.78, 5) is 3.98. The van der Waals surface area contributed by atoms with Gasteiger partial charge in [-0.05, 0) is 19.4 Å². The van der Waals surface area contributed by atoms with Crippen LogP contribution in [0.1, 0.15) is 13.3 Å². The molecule has 0 spiro atoms. The molecule has 0 saturated carbocycles. The maximum Gasteiger partial charge on any atom is 0.0553 e. The summed E-state index contributed by atoms with van der Waals surface area (Å²) in [6.45, 7) is 9.20. The van der Waals surface area contributed by atoms with E-state index >= 15 is 0 Å². The van der Waals surface area contributed by atoms with Gasteiger partial charge >= 0.3 is 0 Å². The number of aliphatic imine (C=N–C) groups is 1. The molecular formula is C11H15N. The molecule has 0 saturated heterocycles. The van der Waals surface area contributed by atoms with Gasteiger partial charge in [0.05, 0.1) is 5.70 Å². The zero-order chi connectivity index (χ0) is 9.23. The Balaban J connectivity index is 3.75. The SMILES string of the molecule is C=CC/C=C\C=C/C(=C)N=CC. The van der Waals surface area contributed by atoms with Crippen LogP contribution in [0.5, 0.6) is 0 Å². The Bertz CT molecular complexity index is 219. The van der Waals surface area contributed by atoms with E-state index in [0.29, 0.717) is 0 Å². The van der Waals surface area contributed by atoms with Crippen LogP contribution >= 0.6 is 0 Å². The van der Waals surface area contributed by atoms with E-state index in [1.54, 1.807) is 6.21 Å². The summed E-state index contributed by atoms with van der Waals surface area (Å²) in [5, 5.41) is 0. The highest BCUT2D eigenvalue weighted by molar-refractivity contribution is 5.55. The maximum atomic E-state index is 3.98. The summed E-state index contributed by atoms with van der Waals surface area (Å²) in [5.74, 6) is 0. The molecule has 0 aromatic carbocycles. The third kappa shape index (κ3) is 6.75. The summed E-state index contributed by atoms with van der Waals surface area (Å²) in [5.41, 5.74) is 0.765. The molecule has 0 aromatic heterocycles. The van der Waals surface area contributed by atoms with E-state index in [4.69, 9.17) is 0 Å². The van der Waals surface area contributed by atoms with E-state index < -0.39 is 0 Å². The van der Waals surface area contributed by atoms with Gasteiger partial charge in [-0.15, -0.1) is 6.58 Å². The predicted octanol–water partition coefficient (Wildman–Crippen LogP) is 3.28. The second-order valence-corrected chi connectivity index (χ2v) is 2.19. The summed E-state index contributed by atoms with van der Waals surface area (Å²) in [6.07, 6.45) is 12.2. The normalized spacial score (nSPS) is 11.8. The van der Waals surface area contributed by atoms with Gasteiger partial charge in [-0.2, -0.15) is 0 Å². The lowest BCUT2D eigenvalue weighted by atomic mass is 10.3. The van der Waals surface area contributed by atoms with Crippen molar-refractivity contribution in [3.05, 3.63) is 49.2 Å². The van der Waals surface area contributed by atoms with Gasteiger partial charge in [-0.1, -0.05) is 30.9 Å². The topological polar surface area (TPSA) is 12.4 Å². The molecule has 0 fully saturated rings. The van der Waals surface area contributed by atoms with Gasteiger partial charge in [0.2, 0.25) is 0 Å².